The van der Waals surface area contributed by atoms with Crippen molar-refractivity contribution < 1.29 is 18.9 Å². The number of amides is 3. The van der Waals surface area contributed by atoms with Crippen molar-refractivity contribution in [2.45, 2.75) is 95.2 Å². The number of rotatable bonds is 10. The first-order chi connectivity index (χ1) is 16.9. The van der Waals surface area contributed by atoms with Crippen LogP contribution in [0.3, 0.4) is 0 Å². The lowest BCUT2D eigenvalue weighted by Gasteiger charge is -2.30. The quantitative estimate of drug-likeness (QED) is 0.448. The first-order valence-electron chi connectivity index (χ1n) is 12.7. The Morgan fingerprint density at radius 1 is 1.09 bits per heavy atom. The molecule has 2 fully saturated rings. The van der Waals surface area contributed by atoms with Gasteiger partial charge in [0.05, 0.1) is 0 Å². The van der Waals surface area contributed by atoms with Crippen LogP contribution in [0.15, 0.2) is 34.9 Å². The Bertz CT molecular complexity index is 1010. The summed E-state index contributed by atoms with van der Waals surface area (Å²) >= 11 is 0. The highest BCUT2D eigenvalue weighted by molar-refractivity contribution is 5.88. The molecule has 9 heteroatoms. The molecule has 4 rings (SSSR count). The van der Waals surface area contributed by atoms with Crippen molar-refractivity contribution >= 4 is 17.7 Å². The van der Waals surface area contributed by atoms with Crippen molar-refractivity contribution in [1.82, 2.24) is 26.1 Å². The topological polar surface area (TPSA) is 126 Å². The first kappa shape index (κ1) is 24.9. The van der Waals surface area contributed by atoms with Crippen LogP contribution >= 0.6 is 0 Å². The molecular formula is C26H35N5O4. The van der Waals surface area contributed by atoms with Gasteiger partial charge in [-0.1, -0.05) is 61.2 Å². The minimum Gasteiger partial charge on any atom is -0.352 e. The molecule has 1 aromatic heterocycles. The van der Waals surface area contributed by atoms with Gasteiger partial charge in [0.25, 0.3) is 0 Å². The van der Waals surface area contributed by atoms with Crippen molar-refractivity contribution in [2.24, 2.45) is 0 Å². The molecule has 2 aliphatic carbocycles. The molecule has 1 aromatic carbocycles. The number of carbonyl (C=O) groups is 3. The Morgan fingerprint density at radius 2 is 1.80 bits per heavy atom. The van der Waals surface area contributed by atoms with E-state index in [1.807, 2.05) is 30.3 Å². The van der Waals surface area contributed by atoms with Crippen LogP contribution < -0.4 is 16.0 Å². The summed E-state index contributed by atoms with van der Waals surface area (Å²) in [5, 5.41) is 13.1. The number of hydrogen-bond donors (Lipinski definition) is 3. The zero-order valence-electron chi connectivity index (χ0n) is 20.3. The Kier molecular flexibility index (Phi) is 8.15. The summed E-state index contributed by atoms with van der Waals surface area (Å²) in [5.41, 5.74) is 0.366. The zero-order chi connectivity index (χ0) is 24.7. The van der Waals surface area contributed by atoms with E-state index in [9.17, 15) is 14.4 Å². The maximum atomic E-state index is 12.7. The molecule has 0 bridgehead atoms. The fourth-order valence-corrected chi connectivity index (χ4v) is 4.70. The highest BCUT2D eigenvalue weighted by Crippen LogP contribution is 2.34. The summed E-state index contributed by atoms with van der Waals surface area (Å²) in [4.78, 5) is 41.9. The smallest absolute Gasteiger partial charge is 0.243 e. The average Bonchev–Trinajstić information content (AvgIpc) is 3.57. The Balaban J connectivity index is 1.37. The van der Waals surface area contributed by atoms with Crippen LogP contribution in [0.2, 0.25) is 0 Å². The lowest BCUT2D eigenvalue weighted by molar-refractivity contribution is -0.129. The van der Waals surface area contributed by atoms with Gasteiger partial charge in [-0.25, -0.2) is 0 Å². The standard InChI is InChI=1S/C26H35N5O4/c1-18(32)30-26(15-7-2-3-8-16-26)25-29-23(35-31-25)14-13-22(33)28-21(24(34)27-20-11-12-20)17-19-9-5-4-6-10-19/h4-6,9-10,20-21H,2-3,7-8,11-17H2,1H3,(H,27,34)(H,28,33)(H,30,32). The average molecular weight is 482 g/mol. The van der Waals surface area contributed by atoms with E-state index in [0.717, 1.165) is 56.9 Å². The Labute approximate surface area is 205 Å². The van der Waals surface area contributed by atoms with Crippen molar-refractivity contribution in [3.63, 3.8) is 0 Å². The molecular weight excluding hydrogens is 446 g/mol. The molecule has 0 saturated heterocycles. The molecule has 1 atom stereocenters. The van der Waals surface area contributed by atoms with Crippen molar-refractivity contribution in [1.29, 1.82) is 0 Å². The third-order valence-corrected chi connectivity index (χ3v) is 6.69. The second-order valence-corrected chi connectivity index (χ2v) is 9.78. The number of nitrogens with one attached hydrogen (secondary N) is 3. The van der Waals surface area contributed by atoms with E-state index in [-0.39, 0.29) is 36.6 Å². The number of aryl methyl sites for hydroxylation is 1. The molecule has 3 N–H and O–H groups in total. The van der Waals surface area contributed by atoms with Crippen LogP contribution in [0.25, 0.3) is 0 Å². The molecule has 2 aromatic rings. The number of benzene rings is 1. The molecule has 1 unspecified atom stereocenters. The van der Waals surface area contributed by atoms with E-state index in [2.05, 4.69) is 26.1 Å². The number of hydrogen-bond acceptors (Lipinski definition) is 6. The van der Waals surface area contributed by atoms with Crippen LogP contribution in [0, 0.1) is 0 Å². The van der Waals surface area contributed by atoms with Crippen LogP contribution in [0.5, 0.6) is 0 Å². The third kappa shape index (κ3) is 7.13. The lowest BCUT2D eigenvalue weighted by atomic mass is 9.89. The zero-order valence-corrected chi connectivity index (χ0v) is 20.3. The van der Waals surface area contributed by atoms with Crippen LogP contribution in [-0.4, -0.2) is 39.9 Å². The fourth-order valence-electron chi connectivity index (χ4n) is 4.70. The molecule has 0 radical (unpaired) electrons. The largest absolute Gasteiger partial charge is 0.352 e. The first-order valence-corrected chi connectivity index (χ1v) is 12.7. The SMILES string of the molecule is CC(=O)NC1(c2noc(CCC(=O)NC(Cc3ccccc3)C(=O)NC3CC3)n2)CCCCCC1. The summed E-state index contributed by atoms with van der Waals surface area (Å²) in [6.45, 7) is 1.50. The van der Waals surface area contributed by atoms with E-state index in [1.165, 1.54) is 6.92 Å². The molecule has 9 nitrogen and oxygen atoms in total. The van der Waals surface area contributed by atoms with E-state index < -0.39 is 11.6 Å². The van der Waals surface area contributed by atoms with Gasteiger partial charge in [0.2, 0.25) is 23.6 Å². The minimum absolute atomic E-state index is 0.119. The van der Waals surface area contributed by atoms with Crippen molar-refractivity contribution in [3.8, 4) is 0 Å². The van der Waals surface area contributed by atoms with Crippen molar-refractivity contribution in [3.05, 3.63) is 47.6 Å². The Hall–Kier alpha value is -3.23. The monoisotopic (exact) mass is 481 g/mol. The second kappa shape index (κ2) is 11.5. The molecule has 188 valence electrons. The predicted molar refractivity (Wildman–Crippen MR) is 129 cm³/mol. The number of nitrogens with zero attached hydrogens (tertiary/aromatic N) is 2. The molecule has 0 aliphatic heterocycles. The fraction of sp³-hybridized carbons (Fsp3) is 0.577. The summed E-state index contributed by atoms with van der Waals surface area (Å²) in [5.74, 6) is 0.312. The molecule has 3 amide bonds. The van der Waals surface area contributed by atoms with Crippen molar-refractivity contribution in [2.75, 3.05) is 0 Å². The summed E-state index contributed by atoms with van der Waals surface area (Å²) in [7, 11) is 0. The van der Waals surface area contributed by atoms with E-state index in [0.29, 0.717) is 18.1 Å². The van der Waals surface area contributed by atoms with Crippen LogP contribution in [-0.2, 0) is 32.8 Å². The molecule has 1 heterocycles. The minimum atomic E-state index is -0.641. The van der Waals surface area contributed by atoms with E-state index in [4.69, 9.17) is 4.52 Å². The van der Waals surface area contributed by atoms with E-state index in [1.54, 1.807) is 0 Å². The van der Waals surface area contributed by atoms with Gasteiger partial charge in [0.1, 0.15) is 11.6 Å². The summed E-state index contributed by atoms with van der Waals surface area (Å²) in [6, 6.07) is 9.23. The third-order valence-electron chi connectivity index (χ3n) is 6.69. The number of carbonyl (C=O) groups excluding carboxylic acids is 3. The van der Waals surface area contributed by atoms with Gasteiger partial charge in [-0.3, -0.25) is 14.4 Å². The normalized spacial score (nSPS) is 18.2. The van der Waals surface area contributed by atoms with Gasteiger partial charge in [0.15, 0.2) is 5.82 Å². The second-order valence-electron chi connectivity index (χ2n) is 9.78. The Morgan fingerprint density at radius 3 is 2.46 bits per heavy atom. The van der Waals surface area contributed by atoms with Crippen LogP contribution in [0.4, 0.5) is 0 Å². The molecule has 35 heavy (non-hydrogen) atoms. The highest BCUT2D eigenvalue weighted by atomic mass is 16.5. The maximum Gasteiger partial charge on any atom is 0.243 e. The van der Waals surface area contributed by atoms with Gasteiger partial charge in [-0.2, -0.15) is 4.98 Å². The molecule has 0 spiro atoms. The maximum absolute atomic E-state index is 12.7. The summed E-state index contributed by atoms with van der Waals surface area (Å²) < 4.78 is 5.45. The van der Waals surface area contributed by atoms with Gasteiger partial charge >= 0.3 is 0 Å². The summed E-state index contributed by atoms with van der Waals surface area (Å²) in [6.07, 6.45) is 8.51. The lowest BCUT2D eigenvalue weighted by Crippen LogP contribution is -2.48. The van der Waals surface area contributed by atoms with Gasteiger partial charge in [-0.05, 0) is 31.2 Å². The van der Waals surface area contributed by atoms with Gasteiger partial charge in [-0.15, -0.1) is 0 Å². The van der Waals surface area contributed by atoms with E-state index >= 15 is 0 Å². The highest BCUT2D eigenvalue weighted by Gasteiger charge is 2.38. The molecule has 2 saturated carbocycles. The number of aromatic nitrogens is 2. The van der Waals surface area contributed by atoms with Crippen LogP contribution in [0.1, 0.15) is 82.0 Å². The van der Waals surface area contributed by atoms with Gasteiger partial charge in [0, 0.05) is 32.2 Å². The van der Waals surface area contributed by atoms with Gasteiger partial charge < -0.3 is 20.5 Å². The predicted octanol–water partition coefficient (Wildman–Crippen LogP) is 2.69. The molecule has 2 aliphatic rings.